The van der Waals surface area contributed by atoms with Gasteiger partial charge >= 0.3 is 0 Å². The zero-order valence-electron chi connectivity index (χ0n) is 16.8. The van der Waals surface area contributed by atoms with Gasteiger partial charge < -0.3 is 35.0 Å². The van der Waals surface area contributed by atoms with Gasteiger partial charge in [0.05, 0.1) is 24.2 Å². The van der Waals surface area contributed by atoms with Gasteiger partial charge in [-0.15, -0.1) is 0 Å². The van der Waals surface area contributed by atoms with Crippen molar-refractivity contribution in [2.45, 2.75) is 19.4 Å². The molecule has 1 aromatic heterocycles. The number of benzene rings is 2. The second kappa shape index (κ2) is 11.7. The van der Waals surface area contributed by atoms with E-state index in [4.69, 9.17) is 16.7 Å². The fourth-order valence-electron chi connectivity index (χ4n) is 3.99. The number of nitrogens with zero attached hydrogens (tertiary/aromatic N) is 2. The number of aryl methyl sites for hydroxylation is 1. The highest BCUT2D eigenvalue weighted by molar-refractivity contribution is 6.30. The van der Waals surface area contributed by atoms with E-state index in [1.54, 1.807) is 9.58 Å². The van der Waals surface area contributed by atoms with Crippen LogP contribution in [0.2, 0.25) is 5.02 Å². The van der Waals surface area contributed by atoms with Gasteiger partial charge in [-0.05, 0) is 23.8 Å². The van der Waals surface area contributed by atoms with Gasteiger partial charge in [-0.3, -0.25) is 4.79 Å². The highest BCUT2D eigenvalue weighted by atomic mass is 35.5. The van der Waals surface area contributed by atoms with Gasteiger partial charge in [0.2, 0.25) is 0 Å². The predicted octanol–water partition coefficient (Wildman–Crippen LogP) is -5.50. The molecule has 8 heteroatoms. The van der Waals surface area contributed by atoms with Crippen LogP contribution >= 0.6 is 11.6 Å². The fourth-order valence-corrected chi connectivity index (χ4v) is 4.12. The van der Waals surface area contributed by atoms with E-state index in [0.29, 0.717) is 13.0 Å². The van der Waals surface area contributed by atoms with Crippen LogP contribution in [0.3, 0.4) is 0 Å². The van der Waals surface area contributed by atoms with Gasteiger partial charge in [0.15, 0.2) is 0 Å². The van der Waals surface area contributed by atoms with Crippen molar-refractivity contribution in [2.24, 2.45) is 0 Å². The Hall–Kier alpha value is -1.63. The molecule has 1 aliphatic rings. The molecule has 0 bridgehead atoms. The topological polar surface area (TPSA) is 55.9 Å². The summed E-state index contributed by atoms with van der Waals surface area (Å²) in [7, 11) is 0. The summed E-state index contributed by atoms with van der Waals surface area (Å²) in [6.45, 7) is 6.60. The van der Waals surface area contributed by atoms with Crippen molar-refractivity contribution < 1.29 is 35.0 Å². The Balaban J connectivity index is 0.00000160. The van der Waals surface area contributed by atoms with E-state index in [1.807, 2.05) is 48.5 Å². The van der Waals surface area contributed by atoms with Crippen molar-refractivity contribution >= 4 is 22.4 Å². The number of piperazine rings is 1. The van der Waals surface area contributed by atoms with E-state index in [-0.39, 0.29) is 30.4 Å². The summed E-state index contributed by atoms with van der Waals surface area (Å²) in [5, 5.41) is 9.55. The largest absolute Gasteiger partial charge is 1.00 e. The molecular weight excluding hydrogens is 443 g/mol. The van der Waals surface area contributed by atoms with Crippen molar-refractivity contribution in [3.63, 3.8) is 0 Å². The SMILES string of the molecule is O=c1c2ccccc2c(Cc2ccc(Cl)cc2)nn1CCC[NH+]1CC[NH2+]CC1.[Cl-].[Cl-]. The summed E-state index contributed by atoms with van der Waals surface area (Å²) in [5.74, 6) is 0. The zero-order chi connectivity index (χ0) is 19.3. The number of hydrogen-bond acceptors (Lipinski definition) is 2. The number of nitrogens with two attached hydrogens (primary N) is 1. The second-order valence-electron chi connectivity index (χ2n) is 7.54. The first kappa shape index (κ1) is 24.6. The van der Waals surface area contributed by atoms with E-state index in [2.05, 4.69) is 5.32 Å². The van der Waals surface area contributed by atoms with Crippen molar-refractivity contribution in [1.29, 1.82) is 0 Å². The Bertz CT molecular complexity index is 1000. The van der Waals surface area contributed by atoms with E-state index in [0.717, 1.165) is 40.0 Å². The maximum absolute atomic E-state index is 12.9. The summed E-state index contributed by atoms with van der Waals surface area (Å²) >= 11 is 6.01. The molecule has 3 aromatic rings. The monoisotopic (exact) mass is 468 g/mol. The van der Waals surface area contributed by atoms with Gasteiger partial charge in [-0.2, -0.15) is 5.10 Å². The summed E-state index contributed by atoms with van der Waals surface area (Å²) < 4.78 is 1.67. The van der Waals surface area contributed by atoms with Crippen LogP contribution in [0.5, 0.6) is 0 Å². The third-order valence-electron chi connectivity index (χ3n) is 5.53. The van der Waals surface area contributed by atoms with Crippen LogP contribution in [0.25, 0.3) is 10.8 Å². The molecule has 0 saturated carbocycles. The maximum Gasteiger partial charge on any atom is 0.274 e. The van der Waals surface area contributed by atoms with E-state index in [9.17, 15) is 4.79 Å². The van der Waals surface area contributed by atoms with Crippen molar-refractivity contribution in [3.8, 4) is 0 Å². The summed E-state index contributed by atoms with van der Waals surface area (Å²) in [4.78, 5) is 14.6. The third-order valence-corrected chi connectivity index (χ3v) is 5.79. The van der Waals surface area contributed by atoms with Crippen LogP contribution < -0.4 is 40.6 Å². The van der Waals surface area contributed by atoms with Crippen LogP contribution in [-0.2, 0) is 13.0 Å². The summed E-state index contributed by atoms with van der Waals surface area (Å²) in [6, 6.07) is 15.6. The molecule has 0 aliphatic carbocycles. The Labute approximate surface area is 194 Å². The quantitative estimate of drug-likeness (QED) is 0.379. The number of fused-ring (bicyclic) bond motifs is 1. The first-order valence-electron chi connectivity index (χ1n) is 10.1. The van der Waals surface area contributed by atoms with E-state index < -0.39 is 0 Å². The van der Waals surface area contributed by atoms with E-state index >= 15 is 0 Å². The molecular formula is C22H27Cl3N4O. The lowest BCUT2D eigenvalue weighted by Gasteiger charge is -2.22. The van der Waals surface area contributed by atoms with Crippen molar-refractivity contribution in [3.05, 3.63) is 75.2 Å². The highest BCUT2D eigenvalue weighted by Crippen LogP contribution is 2.18. The molecule has 1 fully saturated rings. The molecule has 0 atom stereocenters. The average Bonchev–Trinajstić information content (AvgIpc) is 2.73. The number of halogens is 3. The third kappa shape index (κ3) is 5.96. The van der Waals surface area contributed by atoms with Crippen LogP contribution in [-0.4, -0.2) is 42.5 Å². The summed E-state index contributed by atoms with van der Waals surface area (Å²) in [5.41, 5.74) is 2.09. The molecule has 30 heavy (non-hydrogen) atoms. The first-order chi connectivity index (χ1) is 13.7. The lowest BCUT2D eigenvalue weighted by molar-refractivity contribution is -0.947. The first-order valence-corrected chi connectivity index (χ1v) is 10.5. The van der Waals surface area contributed by atoms with Crippen LogP contribution in [0.15, 0.2) is 53.3 Å². The molecule has 3 N–H and O–H groups in total. The highest BCUT2D eigenvalue weighted by Gasteiger charge is 2.16. The van der Waals surface area contributed by atoms with Crippen molar-refractivity contribution in [1.82, 2.24) is 9.78 Å². The second-order valence-corrected chi connectivity index (χ2v) is 7.98. The number of aromatic nitrogens is 2. The van der Waals surface area contributed by atoms with Gasteiger partial charge in [-0.25, -0.2) is 4.68 Å². The molecule has 1 aliphatic heterocycles. The number of rotatable bonds is 6. The molecule has 0 amide bonds. The average molecular weight is 470 g/mol. The molecule has 4 rings (SSSR count). The zero-order valence-corrected chi connectivity index (χ0v) is 19.1. The molecule has 2 aromatic carbocycles. The van der Waals surface area contributed by atoms with Crippen LogP contribution in [0, 0.1) is 0 Å². The molecule has 0 spiro atoms. The lowest BCUT2D eigenvalue weighted by atomic mass is 10.0. The molecule has 1 saturated heterocycles. The minimum Gasteiger partial charge on any atom is -1.00 e. The normalized spacial score (nSPS) is 14.2. The number of quaternary nitrogens is 2. The van der Waals surface area contributed by atoms with E-state index in [1.165, 1.54) is 26.2 Å². The maximum atomic E-state index is 12.9. The predicted molar refractivity (Wildman–Crippen MR) is 112 cm³/mol. The summed E-state index contributed by atoms with van der Waals surface area (Å²) in [6.07, 6.45) is 1.66. The molecule has 5 nitrogen and oxygen atoms in total. The molecule has 2 heterocycles. The fraction of sp³-hybridized carbons (Fsp3) is 0.364. The Kier molecular flexibility index (Phi) is 9.59. The minimum atomic E-state index is 0. The van der Waals surface area contributed by atoms with Gasteiger partial charge in [0, 0.05) is 23.3 Å². The number of hydrogen-bond donors (Lipinski definition) is 2. The Morgan fingerprint density at radius 1 is 1.00 bits per heavy atom. The van der Waals surface area contributed by atoms with Crippen LogP contribution in [0.1, 0.15) is 17.7 Å². The van der Waals surface area contributed by atoms with Gasteiger partial charge in [0.25, 0.3) is 5.56 Å². The van der Waals surface area contributed by atoms with Gasteiger partial charge in [-0.1, -0.05) is 41.9 Å². The van der Waals surface area contributed by atoms with Gasteiger partial charge in [0.1, 0.15) is 26.2 Å². The molecule has 0 unspecified atom stereocenters. The number of nitrogens with one attached hydrogen (secondary N) is 1. The van der Waals surface area contributed by atoms with Crippen molar-refractivity contribution in [2.75, 3.05) is 32.7 Å². The molecule has 0 radical (unpaired) electrons. The standard InChI is InChI=1S/C22H25ClN4O.2ClH/c23-18-8-6-17(7-9-18)16-21-19-4-1-2-5-20(19)22(28)27(25-21)13-3-12-26-14-10-24-11-15-26;;/h1-2,4-9,24H,3,10-16H2;2*1H. The Morgan fingerprint density at radius 2 is 1.67 bits per heavy atom. The lowest BCUT2D eigenvalue weighted by Crippen LogP contribution is -3.20. The minimum absolute atomic E-state index is 0. The Morgan fingerprint density at radius 3 is 2.37 bits per heavy atom. The smallest absolute Gasteiger partial charge is 0.274 e. The van der Waals surface area contributed by atoms with Crippen LogP contribution in [0.4, 0.5) is 0 Å². The molecule has 162 valence electrons.